The predicted octanol–water partition coefficient (Wildman–Crippen LogP) is 3.52. The lowest BCUT2D eigenvalue weighted by Crippen LogP contribution is -2.26. The molecule has 0 rings (SSSR count). The first-order valence-corrected chi connectivity index (χ1v) is 5.38. The molecule has 0 unspecified atom stereocenters. The number of hydrogen-bond acceptors (Lipinski definition) is 2. The fraction of sp³-hybridized carbons (Fsp3) is 0.917. The van der Waals surface area contributed by atoms with E-state index < -0.39 is 0 Å². The molecule has 0 aliphatic carbocycles. The van der Waals surface area contributed by atoms with Crippen molar-refractivity contribution in [3.05, 3.63) is 0 Å². The van der Waals surface area contributed by atoms with Gasteiger partial charge in [-0.25, -0.2) is 0 Å². The van der Waals surface area contributed by atoms with Gasteiger partial charge in [0.25, 0.3) is 0 Å². The van der Waals surface area contributed by atoms with Crippen molar-refractivity contribution in [1.82, 2.24) is 0 Å². The van der Waals surface area contributed by atoms with Crippen molar-refractivity contribution in [2.24, 2.45) is 5.41 Å². The summed E-state index contributed by atoms with van der Waals surface area (Å²) in [6.45, 7) is 10.9. The SMILES string of the molecule is CCCC(C)(C)OCCC(C)(C)C#N. The first-order valence-electron chi connectivity index (χ1n) is 5.38. The number of nitriles is 1. The quantitative estimate of drug-likeness (QED) is 0.652. The van der Waals surface area contributed by atoms with Gasteiger partial charge in [0.15, 0.2) is 0 Å². The van der Waals surface area contributed by atoms with E-state index in [-0.39, 0.29) is 11.0 Å². The van der Waals surface area contributed by atoms with E-state index >= 15 is 0 Å². The molecule has 0 aliphatic heterocycles. The maximum Gasteiger partial charge on any atom is 0.0684 e. The molecule has 14 heavy (non-hydrogen) atoms. The molecule has 0 fully saturated rings. The molecule has 82 valence electrons. The van der Waals surface area contributed by atoms with E-state index in [0.29, 0.717) is 6.61 Å². The second-order valence-electron chi connectivity index (χ2n) is 5.10. The van der Waals surface area contributed by atoms with E-state index in [2.05, 4.69) is 26.8 Å². The van der Waals surface area contributed by atoms with Crippen LogP contribution in [0.4, 0.5) is 0 Å². The van der Waals surface area contributed by atoms with Crippen LogP contribution < -0.4 is 0 Å². The topological polar surface area (TPSA) is 33.0 Å². The van der Waals surface area contributed by atoms with Crippen molar-refractivity contribution in [3.63, 3.8) is 0 Å². The molecule has 0 spiro atoms. The van der Waals surface area contributed by atoms with Crippen molar-refractivity contribution in [2.75, 3.05) is 6.61 Å². The van der Waals surface area contributed by atoms with Gasteiger partial charge in [-0.1, -0.05) is 13.3 Å². The third kappa shape index (κ3) is 5.99. The molecule has 0 atom stereocenters. The van der Waals surface area contributed by atoms with E-state index in [0.717, 1.165) is 19.3 Å². The Labute approximate surface area is 88.3 Å². The van der Waals surface area contributed by atoms with E-state index in [4.69, 9.17) is 10.00 Å². The van der Waals surface area contributed by atoms with E-state index in [1.807, 2.05) is 13.8 Å². The van der Waals surface area contributed by atoms with Crippen LogP contribution in [0, 0.1) is 16.7 Å². The Morgan fingerprint density at radius 2 is 1.71 bits per heavy atom. The molecule has 0 aromatic rings. The summed E-state index contributed by atoms with van der Waals surface area (Å²) in [5.74, 6) is 0. The first kappa shape index (κ1) is 13.4. The maximum absolute atomic E-state index is 8.82. The molecule has 2 heteroatoms. The van der Waals surface area contributed by atoms with E-state index in [9.17, 15) is 0 Å². The van der Waals surface area contributed by atoms with Gasteiger partial charge in [0.05, 0.1) is 17.1 Å². The summed E-state index contributed by atoms with van der Waals surface area (Å²) in [6.07, 6.45) is 3.01. The van der Waals surface area contributed by atoms with Crippen LogP contribution in [0.15, 0.2) is 0 Å². The zero-order chi connectivity index (χ0) is 11.2. The normalized spacial score (nSPS) is 12.6. The van der Waals surface area contributed by atoms with Crippen LogP contribution >= 0.6 is 0 Å². The third-order valence-corrected chi connectivity index (χ3v) is 2.37. The second-order valence-corrected chi connectivity index (χ2v) is 5.10. The minimum absolute atomic E-state index is 0.0414. The average Bonchev–Trinajstić information content (AvgIpc) is 2.03. The molecule has 0 N–H and O–H groups in total. The lowest BCUT2D eigenvalue weighted by molar-refractivity contribution is -0.0312. The standard InChI is InChI=1S/C12H23NO/c1-6-7-12(4,5)14-9-8-11(2,3)10-13/h6-9H2,1-5H3. The molecule has 0 aromatic heterocycles. The van der Waals surface area contributed by atoms with Gasteiger partial charge >= 0.3 is 0 Å². The summed E-state index contributed by atoms with van der Waals surface area (Å²) in [5.41, 5.74) is -0.303. The highest BCUT2D eigenvalue weighted by Gasteiger charge is 2.20. The zero-order valence-electron chi connectivity index (χ0n) is 10.2. The van der Waals surface area contributed by atoms with Crippen LogP contribution in [0.25, 0.3) is 0 Å². The highest BCUT2D eigenvalue weighted by molar-refractivity contribution is 4.91. The van der Waals surface area contributed by atoms with E-state index in [1.54, 1.807) is 0 Å². The van der Waals surface area contributed by atoms with Crippen molar-refractivity contribution in [2.45, 2.75) is 59.5 Å². The van der Waals surface area contributed by atoms with Gasteiger partial charge in [0.1, 0.15) is 0 Å². The van der Waals surface area contributed by atoms with Gasteiger partial charge in [0, 0.05) is 6.61 Å². The summed E-state index contributed by atoms with van der Waals surface area (Å²) < 4.78 is 5.76. The zero-order valence-corrected chi connectivity index (χ0v) is 10.2. The summed E-state index contributed by atoms with van der Waals surface area (Å²) in [4.78, 5) is 0. The Balaban J connectivity index is 3.80. The Morgan fingerprint density at radius 1 is 1.14 bits per heavy atom. The van der Waals surface area contributed by atoms with Gasteiger partial charge in [-0.2, -0.15) is 5.26 Å². The first-order chi connectivity index (χ1) is 6.33. The average molecular weight is 197 g/mol. The van der Waals surface area contributed by atoms with Crippen LogP contribution in [0.2, 0.25) is 0 Å². The molecular formula is C12H23NO. The molecule has 0 radical (unpaired) electrons. The Morgan fingerprint density at radius 3 is 2.14 bits per heavy atom. The lowest BCUT2D eigenvalue weighted by atomic mass is 9.92. The maximum atomic E-state index is 8.82. The van der Waals surface area contributed by atoms with Crippen LogP contribution in [-0.2, 0) is 4.74 Å². The number of ether oxygens (including phenoxy) is 1. The minimum atomic E-state index is -0.262. The van der Waals surface area contributed by atoms with Crippen LogP contribution in [0.1, 0.15) is 53.9 Å². The van der Waals surface area contributed by atoms with Gasteiger partial charge in [0.2, 0.25) is 0 Å². The molecule has 2 nitrogen and oxygen atoms in total. The Bertz CT molecular complexity index is 201. The van der Waals surface area contributed by atoms with Gasteiger partial charge in [-0.05, 0) is 40.5 Å². The highest BCUT2D eigenvalue weighted by Crippen LogP contribution is 2.22. The smallest absolute Gasteiger partial charge is 0.0684 e. The Kier molecular flexibility index (Phi) is 5.15. The molecular weight excluding hydrogens is 174 g/mol. The molecule has 0 saturated carbocycles. The van der Waals surface area contributed by atoms with Crippen LogP contribution in [-0.4, -0.2) is 12.2 Å². The van der Waals surface area contributed by atoms with Crippen molar-refractivity contribution < 1.29 is 4.74 Å². The van der Waals surface area contributed by atoms with Crippen molar-refractivity contribution >= 4 is 0 Å². The number of hydrogen-bond donors (Lipinski definition) is 0. The fourth-order valence-corrected chi connectivity index (χ4v) is 1.31. The highest BCUT2D eigenvalue weighted by atomic mass is 16.5. The van der Waals surface area contributed by atoms with Gasteiger partial charge < -0.3 is 4.74 Å². The largest absolute Gasteiger partial charge is 0.376 e. The summed E-state index contributed by atoms with van der Waals surface area (Å²) >= 11 is 0. The van der Waals surface area contributed by atoms with Gasteiger partial charge in [-0.3, -0.25) is 0 Å². The van der Waals surface area contributed by atoms with Crippen LogP contribution in [0.3, 0.4) is 0 Å². The van der Waals surface area contributed by atoms with Crippen molar-refractivity contribution in [1.29, 1.82) is 5.26 Å². The Hall–Kier alpha value is -0.550. The molecule has 0 aliphatic rings. The minimum Gasteiger partial charge on any atom is -0.376 e. The summed E-state index contributed by atoms with van der Waals surface area (Å²) in [7, 11) is 0. The molecule has 0 bridgehead atoms. The summed E-state index contributed by atoms with van der Waals surface area (Å²) in [5, 5.41) is 8.82. The van der Waals surface area contributed by atoms with E-state index in [1.165, 1.54) is 0 Å². The predicted molar refractivity (Wildman–Crippen MR) is 59.0 cm³/mol. The fourth-order valence-electron chi connectivity index (χ4n) is 1.31. The monoisotopic (exact) mass is 197 g/mol. The lowest BCUT2D eigenvalue weighted by Gasteiger charge is -2.26. The summed E-state index contributed by atoms with van der Waals surface area (Å²) in [6, 6.07) is 2.28. The van der Waals surface area contributed by atoms with Gasteiger partial charge in [-0.15, -0.1) is 0 Å². The molecule has 0 heterocycles. The molecule has 0 amide bonds. The number of rotatable bonds is 6. The van der Waals surface area contributed by atoms with Crippen molar-refractivity contribution in [3.8, 4) is 6.07 Å². The number of nitrogens with zero attached hydrogens (tertiary/aromatic N) is 1. The molecule has 0 aromatic carbocycles. The van der Waals surface area contributed by atoms with Crippen LogP contribution in [0.5, 0.6) is 0 Å². The second kappa shape index (κ2) is 5.36. The molecule has 0 saturated heterocycles. The third-order valence-electron chi connectivity index (χ3n) is 2.37.